The van der Waals surface area contributed by atoms with Gasteiger partial charge in [0.25, 0.3) is 0 Å². The highest BCUT2D eigenvalue weighted by atomic mass is 35.5. The van der Waals surface area contributed by atoms with E-state index in [9.17, 15) is 11.0 Å². The molecule has 1 spiro atoms. The highest BCUT2D eigenvalue weighted by Gasteiger charge is 2.52. The number of hydrogen-bond acceptors (Lipinski definition) is 2. The summed E-state index contributed by atoms with van der Waals surface area (Å²) in [5.41, 5.74) is 15.5. The van der Waals surface area contributed by atoms with Crippen molar-refractivity contribution in [3.63, 3.8) is 0 Å². The molecule has 14 aromatic rings. The molecule has 0 heterocycles. The quantitative estimate of drug-likeness (QED) is 0.120. The standard InChI is InChI=1S/C89H65ClN2/c1-88(2,3)68-49-52-85(79(56-68)62-31-13-6-14-32-62)91(71-38-25-37-66(53-71)60-27-9-4-10-28-60)72-57-69(90)58-73(59-72)92(87-80(63-33-15-7-16-34-63)54-67(61-29-11-5-12-30-61)55-81(87)64-35-17-8-18-36-64)70-50-47-65(48-51-70)74-42-26-43-78-77-41-21-24-46-84(77)89(86(74)78)82-44-22-19-39-75(82)76-40-20-23-45-83(76)89/h4-59H,1-3H3/i4D,9D,10D,19D,20D,22D,23D,27D,28D,39D,40D,44D,45D. The zero-order valence-electron chi connectivity index (χ0n) is 63.6. The summed E-state index contributed by atoms with van der Waals surface area (Å²) in [7, 11) is 0. The smallest absolute Gasteiger partial charge is 0.0731 e. The summed E-state index contributed by atoms with van der Waals surface area (Å²) in [6.45, 7) is 6.53. The van der Waals surface area contributed by atoms with E-state index in [4.69, 9.17) is 18.5 Å². The van der Waals surface area contributed by atoms with Crippen LogP contribution in [0.2, 0.25) is 5.02 Å². The van der Waals surface area contributed by atoms with Crippen molar-refractivity contribution in [3.8, 4) is 89.0 Å². The van der Waals surface area contributed by atoms with Gasteiger partial charge in [0.1, 0.15) is 0 Å². The molecule has 14 aromatic carbocycles. The second kappa shape index (κ2) is 23.1. The van der Waals surface area contributed by atoms with E-state index in [2.05, 4.69) is 116 Å². The van der Waals surface area contributed by atoms with Gasteiger partial charge in [-0.3, -0.25) is 0 Å². The summed E-state index contributed by atoms with van der Waals surface area (Å²) in [5, 5.41) is 0.365. The fraction of sp³-hybridized carbons (Fsp3) is 0.0562. The molecule has 0 aliphatic heterocycles. The Morgan fingerprint density at radius 3 is 1.42 bits per heavy atom. The number of halogens is 1. The Bertz CT molecular complexity index is 5730. The molecule has 0 atom stereocenters. The molecule has 2 nitrogen and oxygen atoms in total. The molecular formula is C89H65ClN2. The minimum atomic E-state index is -1.66. The topological polar surface area (TPSA) is 6.48 Å². The molecule has 0 radical (unpaired) electrons. The van der Waals surface area contributed by atoms with Crippen molar-refractivity contribution in [3.05, 3.63) is 372 Å². The lowest BCUT2D eigenvalue weighted by molar-refractivity contribution is 0.590. The zero-order chi connectivity index (χ0) is 73.2. The highest BCUT2D eigenvalue weighted by Crippen LogP contribution is 2.65. The van der Waals surface area contributed by atoms with Gasteiger partial charge in [-0.15, -0.1) is 0 Å². The van der Waals surface area contributed by atoms with Crippen molar-refractivity contribution in [2.24, 2.45) is 0 Å². The maximum atomic E-state index is 9.90. The molecule has 438 valence electrons. The van der Waals surface area contributed by atoms with Crippen LogP contribution >= 0.6 is 11.6 Å². The van der Waals surface area contributed by atoms with Crippen molar-refractivity contribution in [2.75, 3.05) is 9.80 Å². The number of nitrogens with zero attached hydrogens (tertiary/aromatic N) is 2. The average molecular weight is 1210 g/mol. The third-order valence-corrected chi connectivity index (χ3v) is 18.2. The van der Waals surface area contributed by atoms with E-state index in [1.165, 1.54) is 0 Å². The number of fused-ring (bicyclic) bond motifs is 10. The largest absolute Gasteiger partial charge is 0.310 e. The molecule has 0 unspecified atom stereocenters. The summed E-state index contributed by atoms with van der Waals surface area (Å²) in [5.74, 6) is 0. The number of benzene rings is 14. The summed E-state index contributed by atoms with van der Waals surface area (Å²) in [6, 6.07) is 81.4. The van der Waals surface area contributed by atoms with Gasteiger partial charge in [0, 0.05) is 44.5 Å². The van der Waals surface area contributed by atoms with Crippen LogP contribution in [0.15, 0.2) is 339 Å². The van der Waals surface area contributed by atoms with Crippen LogP contribution in [0.4, 0.5) is 34.1 Å². The number of hydrogen-bond donors (Lipinski definition) is 0. The van der Waals surface area contributed by atoms with Crippen molar-refractivity contribution in [1.29, 1.82) is 0 Å². The Balaban J connectivity index is 0.986. The van der Waals surface area contributed by atoms with Gasteiger partial charge in [-0.25, -0.2) is 0 Å². The van der Waals surface area contributed by atoms with Crippen molar-refractivity contribution < 1.29 is 17.8 Å². The molecule has 0 N–H and O–H groups in total. The summed E-state index contributed by atoms with van der Waals surface area (Å²) < 4.78 is 120. The van der Waals surface area contributed by atoms with Gasteiger partial charge in [-0.1, -0.05) is 305 Å². The SMILES string of the molecule is [2H]c1c([2H])c([2H])c(-c2cccc(N(c3cc(Cl)cc(N(c4ccc(-c5cccc6c5C5(c7ccccc7-6)c6c([2H])c([2H])c([2H])c([2H])c6-c6c([2H])c([2H])c([2H])c([2H])c65)cc4)c4c(-c5ccccc5)cc(-c5ccccc5)cc4-c4ccccc4)c3)c3ccc(C(C)(C)C)cc3-c3ccccc3)c2)c([2H])c1[2H]. The van der Waals surface area contributed by atoms with Crippen LogP contribution < -0.4 is 9.80 Å². The normalized spacial score (nSPS) is 14.4. The predicted octanol–water partition coefficient (Wildman–Crippen LogP) is 24.9. The Morgan fingerprint density at radius 1 is 0.304 bits per heavy atom. The first-order valence-electron chi connectivity index (χ1n) is 37.3. The van der Waals surface area contributed by atoms with E-state index in [0.717, 1.165) is 72.6 Å². The lowest BCUT2D eigenvalue weighted by Crippen LogP contribution is -2.26. The van der Waals surface area contributed by atoms with Gasteiger partial charge in [-0.2, -0.15) is 0 Å². The van der Waals surface area contributed by atoms with Gasteiger partial charge < -0.3 is 9.80 Å². The average Bonchev–Trinajstić information content (AvgIpc) is 1.49. The Morgan fingerprint density at radius 2 is 0.804 bits per heavy atom. The maximum absolute atomic E-state index is 9.90. The molecule has 0 saturated carbocycles. The second-order valence-electron chi connectivity index (χ2n) is 24.3. The molecule has 0 fully saturated rings. The first-order chi connectivity index (χ1) is 50.6. The van der Waals surface area contributed by atoms with E-state index in [0.29, 0.717) is 55.6 Å². The van der Waals surface area contributed by atoms with Gasteiger partial charge in [0.2, 0.25) is 0 Å². The fourth-order valence-electron chi connectivity index (χ4n) is 13.8. The number of anilines is 6. The molecule has 0 bridgehead atoms. The van der Waals surface area contributed by atoms with Gasteiger partial charge in [0.05, 0.1) is 34.6 Å². The molecular weight excluding hydrogens is 1130 g/mol. The minimum absolute atomic E-state index is 0.0348. The molecule has 2 aliphatic carbocycles. The first-order valence-corrected chi connectivity index (χ1v) is 31.1. The van der Waals surface area contributed by atoms with Crippen LogP contribution in [0, 0.1) is 0 Å². The third-order valence-electron chi connectivity index (χ3n) is 17.9. The van der Waals surface area contributed by atoms with Crippen LogP contribution in [0.3, 0.4) is 0 Å². The number of rotatable bonds is 12. The summed E-state index contributed by atoms with van der Waals surface area (Å²) in [6.07, 6.45) is 0. The molecule has 16 rings (SSSR count). The summed E-state index contributed by atoms with van der Waals surface area (Å²) in [4.78, 5) is 4.34. The molecule has 3 heteroatoms. The fourth-order valence-corrected chi connectivity index (χ4v) is 14.1. The first kappa shape index (κ1) is 43.6. The van der Waals surface area contributed by atoms with E-state index in [1.54, 1.807) is 6.07 Å². The van der Waals surface area contributed by atoms with E-state index in [1.807, 2.05) is 170 Å². The molecule has 2 aliphatic rings. The van der Waals surface area contributed by atoms with Crippen molar-refractivity contribution in [2.45, 2.75) is 31.6 Å². The van der Waals surface area contributed by atoms with Crippen LogP contribution in [-0.2, 0) is 10.8 Å². The minimum Gasteiger partial charge on any atom is -0.310 e. The van der Waals surface area contributed by atoms with Crippen LogP contribution in [-0.4, -0.2) is 0 Å². The summed E-state index contributed by atoms with van der Waals surface area (Å²) >= 11 is 7.82. The Hall–Kier alpha value is -11.0. The third kappa shape index (κ3) is 9.66. The van der Waals surface area contributed by atoms with Crippen LogP contribution in [0.1, 0.15) is 66.4 Å². The van der Waals surface area contributed by atoms with Gasteiger partial charge >= 0.3 is 0 Å². The second-order valence-corrected chi connectivity index (χ2v) is 24.8. The van der Waals surface area contributed by atoms with Crippen molar-refractivity contribution >= 4 is 45.7 Å². The molecule has 92 heavy (non-hydrogen) atoms. The van der Waals surface area contributed by atoms with E-state index < -0.39 is 59.8 Å². The lowest BCUT2D eigenvalue weighted by atomic mass is 9.68. The van der Waals surface area contributed by atoms with Gasteiger partial charge in [-0.05, 0) is 172 Å². The lowest BCUT2D eigenvalue weighted by Gasteiger charge is -2.34. The monoisotopic (exact) mass is 1210 g/mol. The van der Waals surface area contributed by atoms with Gasteiger partial charge in [0.15, 0.2) is 0 Å². The predicted molar refractivity (Wildman–Crippen MR) is 388 cm³/mol. The molecule has 0 saturated heterocycles. The highest BCUT2D eigenvalue weighted by molar-refractivity contribution is 6.31. The van der Waals surface area contributed by atoms with Crippen LogP contribution in [0.5, 0.6) is 0 Å². The Kier molecular flexibility index (Phi) is 10.9. The molecule has 0 aromatic heterocycles. The van der Waals surface area contributed by atoms with Crippen LogP contribution in [0.25, 0.3) is 89.0 Å². The zero-order valence-corrected chi connectivity index (χ0v) is 51.4. The Labute approximate surface area is 563 Å². The maximum Gasteiger partial charge on any atom is 0.0731 e. The molecule has 0 amide bonds. The van der Waals surface area contributed by atoms with Crippen molar-refractivity contribution in [1.82, 2.24) is 0 Å². The van der Waals surface area contributed by atoms with E-state index in [-0.39, 0.29) is 57.4 Å². The van der Waals surface area contributed by atoms with E-state index >= 15 is 0 Å².